The molecule has 2 aliphatic rings. The molecular formula is C15H18Cl2N2O3S3. The molecule has 1 atom stereocenters. The first-order chi connectivity index (χ1) is 11.9. The number of amides is 1. The smallest absolute Gasteiger partial charge is 0.241 e. The van der Waals surface area contributed by atoms with Crippen molar-refractivity contribution >= 4 is 62.7 Å². The third-order valence-electron chi connectivity index (χ3n) is 4.14. The maximum atomic E-state index is 12.9. The topological polar surface area (TPSA) is 57.7 Å². The Balaban J connectivity index is 1.75. The number of carbonyl (C=O) groups is 1. The Morgan fingerprint density at radius 2 is 1.88 bits per heavy atom. The van der Waals surface area contributed by atoms with Crippen LogP contribution in [0.2, 0.25) is 10.0 Å². The molecule has 3 rings (SSSR count). The van der Waals surface area contributed by atoms with E-state index in [1.807, 2.05) is 11.8 Å². The molecule has 2 heterocycles. The molecule has 0 aromatic heterocycles. The van der Waals surface area contributed by atoms with Crippen molar-refractivity contribution < 1.29 is 13.2 Å². The van der Waals surface area contributed by atoms with Crippen LogP contribution < -0.4 is 0 Å². The second-order valence-electron chi connectivity index (χ2n) is 5.85. The molecule has 0 N–H and O–H groups in total. The Morgan fingerprint density at radius 3 is 2.56 bits per heavy atom. The molecule has 138 valence electrons. The summed E-state index contributed by atoms with van der Waals surface area (Å²) in [6.45, 7) is 1.37. The second-order valence-corrected chi connectivity index (χ2v) is 10.8. The van der Waals surface area contributed by atoms with Crippen molar-refractivity contribution in [2.45, 2.75) is 11.8 Å². The van der Waals surface area contributed by atoms with Crippen LogP contribution in [0, 0.1) is 0 Å². The van der Waals surface area contributed by atoms with Gasteiger partial charge in [0.05, 0.1) is 21.7 Å². The quantitative estimate of drug-likeness (QED) is 0.719. The zero-order valence-electron chi connectivity index (χ0n) is 13.4. The van der Waals surface area contributed by atoms with Crippen LogP contribution in [0.1, 0.15) is 5.56 Å². The Labute approximate surface area is 166 Å². The van der Waals surface area contributed by atoms with Gasteiger partial charge in [0.1, 0.15) is 6.04 Å². The van der Waals surface area contributed by atoms with E-state index in [-0.39, 0.29) is 11.7 Å². The van der Waals surface area contributed by atoms with Crippen molar-refractivity contribution in [3.05, 3.63) is 33.8 Å². The summed E-state index contributed by atoms with van der Waals surface area (Å²) in [5, 5.41) is 0.708. The molecule has 5 nitrogen and oxygen atoms in total. The number of benzene rings is 1. The fraction of sp³-hybridized carbons (Fsp3) is 0.533. The minimum absolute atomic E-state index is 0.0805. The highest BCUT2D eigenvalue weighted by Crippen LogP contribution is 2.29. The van der Waals surface area contributed by atoms with Gasteiger partial charge < -0.3 is 4.90 Å². The van der Waals surface area contributed by atoms with Crippen LogP contribution in [-0.2, 0) is 20.6 Å². The third kappa shape index (κ3) is 4.59. The van der Waals surface area contributed by atoms with Gasteiger partial charge in [0.15, 0.2) is 0 Å². The van der Waals surface area contributed by atoms with Gasteiger partial charge in [-0.15, -0.1) is 11.8 Å². The first-order valence-corrected chi connectivity index (χ1v) is 12.4. The van der Waals surface area contributed by atoms with Crippen molar-refractivity contribution in [2.24, 2.45) is 0 Å². The lowest BCUT2D eigenvalue weighted by Crippen LogP contribution is -2.51. The molecule has 1 unspecified atom stereocenters. The minimum Gasteiger partial charge on any atom is -0.340 e. The highest BCUT2D eigenvalue weighted by atomic mass is 35.5. The molecule has 1 aromatic carbocycles. The molecule has 0 spiro atoms. The van der Waals surface area contributed by atoms with E-state index in [0.29, 0.717) is 40.3 Å². The predicted molar refractivity (Wildman–Crippen MR) is 106 cm³/mol. The van der Waals surface area contributed by atoms with Gasteiger partial charge in [-0.05, 0) is 17.7 Å². The van der Waals surface area contributed by atoms with E-state index in [2.05, 4.69) is 0 Å². The summed E-state index contributed by atoms with van der Waals surface area (Å²) in [5.41, 5.74) is 0.562. The first kappa shape index (κ1) is 19.6. The fourth-order valence-electron chi connectivity index (χ4n) is 2.81. The molecule has 0 saturated carbocycles. The van der Waals surface area contributed by atoms with Gasteiger partial charge in [0.25, 0.3) is 0 Å². The predicted octanol–water partition coefficient (Wildman–Crippen LogP) is 2.77. The fourth-order valence-corrected chi connectivity index (χ4v) is 7.33. The summed E-state index contributed by atoms with van der Waals surface area (Å²) in [5.74, 6) is 2.35. The Bertz CT molecular complexity index is 754. The molecule has 0 bridgehead atoms. The van der Waals surface area contributed by atoms with Crippen LogP contribution in [0.3, 0.4) is 0 Å². The first-order valence-electron chi connectivity index (χ1n) is 7.76. The summed E-state index contributed by atoms with van der Waals surface area (Å²) in [7, 11) is -3.62. The highest BCUT2D eigenvalue weighted by molar-refractivity contribution is 8.00. The Morgan fingerprint density at radius 1 is 1.16 bits per heavy atom. The lowest BCUT2D eigenvalue weighted by molar-refractivity contribution is -0.133. The van der Waals surface area contributed by atoms with Gasteiger partial charge in [0, 0.05) is 30.3 Å². The number of rotatable bonds is 4. The molecule has 10 heteroatoms. The Hall–Kier alpha value is -0.120. The van der Waals surface area contributed by atoms with Crippen molar-refractivity contribution in [1.29, 1.82) is 0 Å². The number of halogens is 2. The zero-order chi connectivity index (χ0) is 18.0. The van der Waals surface area contributed by atoms with Crippen molar-refractivity contribution in [3.63, 3.8) is 0 Å². The molecule has 2 fully saturated rings. The monoisotopic (exact) mass is 440 g/mol. The number of carbonyl (C=O) groups excluding carboxylic acids is 1. The highest BCUT2D eigenvalue weighted by Gasteiger charge is 2.41. The molecule has 1 aromatic rings. The lowest BCUT2D eigenvalue weighted by Gasteiger charge is -2.31. The van der Waals surface area contributed by atoms with Gasteiger partial charge in [-0.2, -0.15) is 16.1 Å². The van der Waals surface area contributed by atoms with E-state index in [0.717, 1.165) is 11.5 Å². The lowest BCUT2D eigenvalue weighted by atomic mass is 10.2. The number of sulfonamides is 1. The van der Waals surface area contributed by atoms with Gasteiger partial charge >= 0.3 is 0 Å². The zero-order valence-corrected chi connectivity index (χ0v) is 17.3. The summed E-state index contributed by atoms with van der Waals surface area (Å²) >= 11 is 15.1. The third-order valence-corrected chi connectivity index (χ3v) is 8.79. The normalized spacial score (nSPS) is 22.3. The molecule has 0 aliphatic carbocycles. The molecule has 25 heavy (non-hydrogen) atoms. The van der Waals surface area contributed by atoms with Crippen LogP contribution in [0.4, 0.5) is 0 Å². The van der Waals surface area contributed by atoms with Gasteiger partial charge in [-0.1, -0.05) is 29.3 Å². The van der Waals surface area contributed by atoms with E-state index >= 15 is 0 Å². The Kier molecular flexibility index (Phi) is 6.50. The van der Waals surface area contributed by atoms with E-state index < -0.39 is 16.1 Å². The van der Waals surface area contributed by atoms with Gasteiger partial charge in [0.2, 0.25) is 15.9 Å². The van der Waals surface area contributed by atoms with Crippen LogP contribution >= 0.6 is 46.7 Å². The van der Waals surface area contributed by atoms with Gasteiger partial charge in [-0.25, -0.2) is 8.42 Å². The maximum absolute atomic E-state index is 12.9. The van der Waals surface area contributed by atoms with Crippen LogP contribution in [-0.4, -0.2) is 65.8 Å². The average molecular weight is 441 g/mol. The molecule has 2 aliphatic heterocycles. The van der Waals surface area contributed by atoms with Gasteiger partial charge in [-0.3, -0.25) is 4.79 Å². The van der Waals surface area contributed by atoms with Crippen molar-refractivity contribution in [2.75, 3.05) is 36.2 Å². The summed E-state index contributed by atoms with van der Waals surface area (Å²) < 4.78 is 27.1. The number of thioether (sulfide) groups is 2. The van der Waals surface area contributed by atoms with E-state index in [4.69, 9.17) is 23.2 Å². The maximum Gasteiger partial charge on any atom is 0.241 e. The van der Waals surface area contributed by atoms with Crippen molar-refractivity contribution in [1.82, 2.24) is 9.21 Å². The standard InChI is InChI=1S/C15H18Cl2N2O3S3/c16-12-2-1-11(7-13(12)17)9-25(21,22)19-10-24-8-14(19)15(20)18-3-5-23-6-4-18/h1-2,7,14H,3-6,8-10H2. The van der Waals surface area contributed by atoms with Crippen LogP contribution in [0.5, 0.6) is 0 Å². The second kappa shape index (κ2) is 8.27. The summed E-state index contributed by atoms with van der Waals surface area (Å²) in [6, 6.07) is 4.18. The summed E-state index contributed by atoms with van der Waals surface area (Å²) in [6.07, 6.45) is 0. The average Bonchev–Trinajstić information content (AvgIpc) is 3.09. The van der Waals surface area contributed by atoms with Crippen molar-refractivity contribution in [3.8, 4) is 0 Å². The van der Waals surface area contributed by atoms with E-state index in [9.17, 15) is 13.2 Å². The van der Waals surface area contributed by atoms with Crippen LogP contribution in [0.25, 0.3) is 0 Å². The number of hydrogen-bond donors (Lipinski definition) is 0. The summed E-state index contributed by atoms with van der Waals surface area (Å²) in [4.78, 5) is 14.6. The largest absolute Gasteiger partial charge is 0.340 e. The molecular weight excluding hydrogens is 423 g/mol. The molecule has 2 saturated heterocycles. The number of hydrogen-bond acceptors (Lipinski definition) is 5. The minimum atomic E-state index is -3.62. The number of nitrogens with zero attached hydrogens (tertiary/aromatic N) is 2. The van der Waals surface area contributed by atoms with E-state index in [1.165, 1.54) is 16.1 Å². The molecule has 1 amide bonds. The SMILES string of the molecule is O=C(C1CSCN1S(=O)(=O)Cc1ccc(Cl)c(Cl)c1)N1CCSCC1. The van der Waals surface area contributed by atoms with E-state index in [1.54, 1.807) is 23.1 Å². The molecule has 0 radical (unpaired) electrons. The van der Waals surface area contributed by atoms with Crippen LogP contribution in [0.15, 0.2) is 18.2 Å².